The van der Waals surface area contributed by atoms with E-state index in [0.29, 0.717) is 11.6 Å². The molecule has 0 aromatic carbocycles. The molecule has 1 unspecified atom stereocenters. The van der Waals surface area contributed by atoms with Crippen LogP contribution in [-0.2, 0) is 4.74 Å². The van der Waals surface area contributed by atoms with E-state index in [-0.39, 0.29) is 16.5 Å². The molecule has 1 atom stereocenters. The van der Waals surface area contributed by atoms with Gasteiger partial charge in [-0.25, -0.2) is 0 Å². The molecule has 1 saturated heterocycles. The molecule has 1 aliphatic rings. The minimum absolute atomic E-state index is 0.140. The van der Waals surface area contributed by atoms with Crippen molar-refractivity contribution in [1.29, 1.82) is 0 Å². The van der Waals surface area contributed by atoms with Gasteiger partial charge in [0.15, 0.2) is 0 Å². The molecular weight excluding hydrogens is 262 g/mol. The second-order valence-corrected chi connectivity index (χ2v) is 5.59. The molecule has 1 aromatic rings. The third-order valence-electron chi connectivity index (χ3n) is 2.68. The molecule has 17 heavy (non-hydrogen) atoms. The molecule has 94 valence electrons. The predicted octanol–water partition coefficient (Wildman–Crippen LogP) is 1.83. The lowest BCUT2D eigenvalue weighted by Crippen LogP contribution is -2.37. The van der Waals surface area contributed by atoms with Crippen molar-refractivity contribution in [3.05, 3.63) is 9.47 Å². The largest absolute Gasteiger partial charge is 0.376 e. The van der Waals surface area contributed by atoms with Gasteiger partial charge in [0.1, 0.15) is 0 Å². The summed E-state index contributed by atoms with van der Waals surface area (Å²) in [6, 6.07) is 0. The molecule has 5 nitrogen and oxygen atoms in total. The summed E-state index contributed by atoms with van der Waals surface area (Å²) in [5.41, 5.74) is 0. The van der Waals surface area contributed by atoms with Crippen LogP contribution >= 0.6 is 22.9 Å². The summed E-state index contributed by atoms with van der Waals surface area (Å²) < 4.78 is 5.87. The molecule has 1 fully saturated rings. The van der Waals surface area contributed by atoms with Gasteiger partial charge in [-0.2, -0.15) is 0 Å². The van der Waals surface area contributed by atoms with Crippen LogP contribution in [0, 0.1) is 0 Å². The van der Waals surface area contributed by atoms with Crippen LogP contribution in [0.15, 0.2) is 0 Å². The number of carbonyl (C=O) groups is 1. The van der Waals surface area contributed by atoms with E-state index in [9.17, 15) is 4.79 Å². The number of halogens is 1. The topological polar surface area (TPSA) is 55.3 Å². The summed E-state index contributed by atoms with van der Waals surface area (Å²) in [4.78, 5) is 13.6. The van der Waals surface area contributed by atoms with Crippen molar-refractivity contribution in [3.8, 4) is 0 Å². The van der Waals surface area contributed by atoms with Gasteiger partial charge in [0, 0.05) is 20.2 Å². The fourth-order valence-electron chi connectivity index (χ4n) is 1.79. The Bertz CT molecular complexity index is 393. The zero-order valence-corrected chi connectivity index (χ0v) is 11.1. The Kier molecular flexibility index (Phi) is 4.31. The summed E-state index contributed by atoms with van der Waals surface area (Å²) in [5.74, 6) is -0.149. The number of rotatable bonds is 3. The average molecular weight is 276 g/mol. The van der Waals surface area contributed by atoms with E-state index >= 15 is 0 Å². The number of ether oxygens (including phenoxy) is 1. The summed E-state index contributed by atoms with van der Waals surface area (Å²) in [6.07, 6.45) is 3.42. The van der Waals surface area contributed by atoms with E-state index in [1.165, 1.54) is 0 Å². The minimum Gasteiger partial charge on any atom is -0.376 e. The molecule has 0 bridgehead atoms. The molecule has 0 N–H and O–H groups in total. The fourth-order valence-corrected chi connectivity index (χ4v) is 2.62. The van der Waals surface area contributed by atoms with Crippen molar-refractivity contribution < 1.29 is 9.53 Å². The standard InChI is InChI=1S/C10H14ClN3O2S/c1-14(6-7-4-2-3-5-16-7)9(15)8-12-13-10(11)17-8/h7H,2-6H2,1H3. The minimum atomic E-state index is -0.149. The Morgan fingerprint density at radius 1 is 1.59 bits per heavy atom. The summed E-state index contributed by atoms with van der Waals surface area (Å²) in [7, 11) is 1.75. The number of hydrogen-bond donors (Lipinski definition) is 0. The Morgan fingerprint density at radius 3 is 3.00 bits per heavy atom. The first-order valence-electron chi connectivity index (χ1n) is 5.53. The van der Waals surface area contributed by atoms with Crippen molar-refractivity contribution in [1.82, 2.24) is 15.1 Å². The number of carbonyl (C=O) groups excluding carboxylic acids is 1. The van der Waals surface area contributed by atoms with Crippen LogP contribution in [0.25, 0.3) is 0 Å². The third-order valence-corrected chi connectivity index (χ3v) is 3.69. The molecule has 0 spiro atoms. The van der Waals surface area contributed by atoms with Crippen LogP contribution in [0.1, 0.15) is 29.1 Å². The second-order valence-electron chi connectivity index (χ2n) is 4.03. The number of amides is 1. The van der Waals surface area contributed by atoms with Crippen molar-refractivity contribution in [2.45, 2.75) is 25.4 Å². The first kappa shape index (κ1) is 12.7. The van der Waals surface area contributed by atoms with Crippen molar-refractivity contribution >= 4 is 28.8 Å². The third kappa shape index (κ3) is 3.37. The second kappa shape index (κ2) is 5.75. The van der Waals surface area contributed by atoms with Gasteiger partial charge in [-0.05, 0) is 30.9 Å². The molecular formula is C10H14ClN3O2S. The highest BCUT2D eigenvalue weighted by Gasteiger charge is 2.21. The molecule has 0 radical (unpaired) electrons. The Hall–Kier alpha value is -0.720. The number of likely N-dealkylation sites (N-methyl/N-ethyl adjacent to an activating group) is 1. The van der Waals surface area contributed by atoms with E-state index in [2.05, 4.69) is 10.2 Å². The maximum atomic E-state index is 12.0. The number of nitrogens with zero attached hydrogens (tertiary/aromatic N) is 3. The van der Waals surface area contributed by atoms with E-state index < -0.39 is 0 Å². The highest BCUT2D eigenvalue weighted by atomic mass is 35.5. The van der Waals surface area contributed by atoms with E-state index in [1.807, 2.05) is 0 Å². The maximum Gasteiger partial charge on any atom is 0.284 e. The van der Waals surface area contributed by atoms with E-state index in [1.54, 1.807) is 11.9 Å². The summed E-state index contributed by atoms with van der Waals surface area (Å²) in [5, 5.41) is 7.68. The lowest BCUT2D eigenvalue weighted by atomic mass is 10.1. The summed E-state index contributed by atoms with van der Waals surface area (Å²) >= 11 is 6.75. The van der Waals surface area contributed by atoms with Crippen LogP contribution in [0.5, 0.6) is 0 Å². The van der Waals surface area contributed by atoms with Crippen molar-refractivity contribution in [3.63, 3.8) is 0 Å². The van der Waals surface area contributed by atoms with Gasteiger partial charge >= 0.3 is 0 Å². The predicted molar refractivity (Wildman–Crippen MR) is 65.5 cm³/mol. The molecule has 1 amide bonds. The Morgan fingerprint density at radius 2 is 2.41 bits per heavy atom. The summed E-state index contributed by atoms with van der Waals surface area (Å²) in [6.45, 7) is 1.38. The molecule has 7 heteroatoms. The molecule has 2 heterocycles. The normalized spacial score (nSPS) is 20.2. The van der Waals surface area contributed by atoms with Gasteiger partial charge in [0.2, 0.25) is 9.47 Å². The first-order chi connectivity index (χ1) is 8.16. The lowest BCUT2D eigenvalue weighted by Gasteiger charge is -2.26. The molecule has 0 saturated carbocycles. The zero-order chi connectivity index (χ0) is 12.3. The average Bonchev–Trinajstić information content (AvgIpc) is 2.76. The highest BCUT2D eigenvalue weighted by molar-refractivity contribution is 7.17. The Balaban J connectivity index is 1.90. The monoisotopic (exact) mass is 275 g/mol. The zero-order valence-electron chi connectivity index (χ0n) is 9.56. The van der Waals surface area contributed by atoms with E-state index in [4.69, 9.17) is 16.3 Å². The van der Waals surface area contributed by atoms with Gasteiger partial charge in [0.25, 0.3) is 5.91 Å². The number of aromatic nitrogens is 2. The molecule has 2 rings (SSSR count). The van der Waals surface area contributed by atoms with Gasteiger partial charge in [0.05, 0.1) is 6.10 Å². The van der Waals surface area contributed by atoms with Crippen LogP contribution in [-0.4, -0.2) is 47.3 Å². The molecule has 1 aromatic heterocycles. The van der Waals surface area contributed by atoms with Crippen molar-refractivity contribution in [2.24, 2.45) is 0 Å². The van der Waals surface area contributed by atoms with Crippen molar-refractivity contribution in [2.75, 3.05) is 20.2 Å². The molecule has 0 aliphatic carbocycles. The van der Waals surface area contributed by atoms with Crippen LogP contribution in [0.2, 0.25) is 4.47 Å². The van der Waals surface area contributed by atoms with Crippen LogP contribution in [0.3, 0.4) is 0 Å². The SMILES string of the molecule is CN(CC1CCCCO1)C(=O)c1nnc(Cl)s1. The Labute approximate surface area is 109 Å². The van der Waals surface area contributed by atoms with Gasteiger partial charge in [-0.1, -0.05) is 11.3 Å². The highest BCUT2D eigenvalue weighted by Crippen LogP contribution is 2.18. The number of hydrogen-bond acceptors (Lipinski definition) is 5. The van der Waals surface area contributed by atoms with Crippen LogP contribution in [0.4, 0.5) is 0 Å². The van der Waals surface area contributed by atoms with Gasteiger partial charge in [-0.3, -0.25) is 4.79 Å². The van der Waals surface area contributed by atoms with Crippen LogP contribution < -0.4 is 0 Å². The molecule has 1 aliphatic heterocycles. The maximum absolute atomic E-state index is 12.0. The smallest absolute Gasteiger partial charge is 0.284 e. The first-order valence-corrected chi connectivity index (χ1v) is 6.72. The van der Waals surface area contributed by atoms with Gasteiger partial charge < -0.3 is 9.64 Å². The van der Waals surface area contributed by atoms with Gasteiger partial charge in [-0.15, -0.1) is 10.2 Å². The van der Waals surface area contributed by atoms with E-state index in [0.717, 1.165) is 37.2 Å². The fraction of sp³-hybridized carbons (Fsp3) is 0.700. The quantitative estimate of drug-likeness (QED) is 0.845. The lowest BCUT2D eigenvalue weighted by molar-refractivity contribution is -0.000206.